The number of halogens is 3. The van der Waals surface area contributed by atoms with Crippen LogP contribution in [0.2, 0.25) is 5.02 Å². The fraction of sp³-hybridized carbons (Fsp3) is 0.136. The zero-order chi connectivity index (χ0) is 19.3. The first-order valence-electron chi connectivity index (χ1n) is 8.92. The Labute approximate surface area is 185 Å². The van der Waals surface area contributed by atoms with Crippen LogP contribution in [0.1, 0.15) is 35.4 Å². The Morgan fingerprint density at radius 2 is 1.75 bits per heavy atom. The van der Waals surface area contributed by atoms with Crippen LogP contribution < -0.4 is 4.74 Å². The number of hydrogen-bond donors (Lipinski definition) is 0. The van der Waals surface area contributed by atoms with E-state index >= 15 is 0 Å². The first kappa shape index (κ1) is 18.2. The van der Waals surface area contributed by atoms with Crippen LogP contribution in [0.25, 0.3) is 0 Å². The van der Waals surface area contributed by atoms with Crippen LogP contribution in [0.5, 0.6) is 5.75 Å². The second-order valence-corrected chi connectivity index (χ2v) is 9.05. The Kier molecular flexibility index (Phi) is 4.69. The van der Waals surface area contributed by atoms with Crippen molar-refractivity contribution in [3.8, 4) is 5.75 Å². The predicted octanol–water partition coefficient (Wildman–Crippen LogP) is 7.11. The van der Waals surface area contributed by atoms with Crippen molar-refractivity contribution in [3.63, 3.8) is 0 Å². The molecule has 0 saturated heterocycles. The SMILES string of the molecule is Clc1ccc(C2=NN3[C@@H](C2)c2cc(Br)cc(Br)c2O[C@H]3c2ccccc2)cc1. The highest BCUT2D eigenvalue weighted by atomic mass is 79.9. The van der Waals surface area contributed by atoms with E-state index in [2.05, 4.69) is 55.1 Å². The molecule has 3 nitrogen and oxygen atoms in total. The van der Waals surface area contributed by atoms with Crippen molar-refractivity contribution in [1.29, 1.82) is 0 Å². The van der Waals surface area contributed by atoms with Gasteiger partial charge >= 0.3 is 0 Å². The summed E-state index contributed by atoms with van der Waals surface area (Å²) in [5.41, 5.74) is 4.33. The molecule has 0 saturated carbocycles. The largest absolute Gasteiger partial charge is 0.463 e. The monoisotopic (exact) mass is 516 g/mol. The maximum Gasteiger partial charge on any atom is 0.213 e. The van der Waals surface area contributed by atoms with Crippen LogP contribution in [0.15, 0.2) is 80.8 Å². The third-order valence-electron chi connectivity index (χ3n) is 5.07. The number of fused-ring (bicyclic) bond motifs is 3. The highest BCUT2D eigenvalue weighted by Gasteiger charge is 2.41. The smallest absolute Gasteiger partial charge is 0.213 e. The molecule has 0 N–H and O–H groups in total. The first-order chi connectivity index (χ1) is 13.6. The molecular weight excluding hydrogens is 504 g/mol. The Morgan fingerprint density at radius 1 is 1.00 bits per heavy atom. The van der Waals surface area contributed by atoms with E-state index in [0.717, 1.165) is 48.5 Å². The Bertz CT molecular complexity index is 1070. The zero-order valence-corrected chi connectivity index (χ0v) is 18.6. The van der Waals surface area contributed by atoms with Gasteiger partial charge in [-0.2, -0.15) is 5.10 Å². The standard InChI is InChI=1S/C22H15Br2ClN2O/c23-15-10-17-20-12-19(13-6-8-16(25)9-7-13)26-27(20)22(14-4-2-1-3-5-14)28-21(17)18(24)11-15/h1-11,20,22H,12H2/t20-,22-/m0/s1. The molecule has 5 rings (SSSR count). The van der Waals surface area contributed by atoms with Crippen LogP contribution in [-0.4, -0.2) is 10.7 Å². The zero-order valence-electron chi connectivity index (χ0n) is 14.6. The number of benzene rings is 3. The van der Waals surface area contributed by atoms with Crippen molar-refractivity contribution >= 4 is 49.2 Å². The van der Waals surface area contributed by atoms with E-state index in [1.54, 1.807) is 0 Å². The number of hydrogen-bond acceptors (Lipinski definition) is 3. The van der Waals surface area contributed by atoms with Crippen LogP contribution in [0.4, 0.5) is 0 Å². The topological polar surface area (TPSA) is 24.8 Å². The summed E-state index contributed by atoms with van der Waals surface area (Å²) >= 11 is 13.3. The number of rotatable bonds is 2. The average molecular weight is 519 g/mol. The van der Waals surface area contributed by atoms with Gasteiger partial charge in [0.15, 0.2) is 0 Å². The molecule has 3 aromatic rings. The summed E-state index contributed by atoms with van der Waals surface area (Å²) in [6.45, 7) is 0. The van der Waals surface area contributed by atoms with Crippen molar-refractivity contribution < 1.29 is 4.74 Å². The van der Waals surface area contributed by atoms with Gasteiger partial charge in [0, 0.05) is 27.0 Å². The van der Waals surface area contributed by atoms with Crippen molar-refractivity contribution in [3.05, 3.63) is 97.4 Å². The van der Waals surface area contributed by atoms with E-state index in [4.69, 9.17) is 21.4 Å². The Hall–Kier alpha value is -1.82. The molecule has 0 aliphatic carbocycles. The van der Waals surface area contributed by atoms with Gasteiger partial charge < -0.3 is 4.74 Å². The van der Waals surface area contributed by atoms with Crippen molar-refractivity contribution in [1.82, 2.24) is 5.01 Å². The molecule has 0 amide bonds. The van der Waals surface area contributed by atoms with Crippen molar-refractivity contribution in [2.75, 3.05) is 0 Å². The predicted molar refractivity (Wildman–Crippen MR) is 119 cm³/mol. The molecule has 2 aliphatic rings. The van der Waals surface area contributed by atoms with Crippen LogP contribution in [-0.2, 0) is 0 Å². The lowest BCUT2D eigenvalue weighted by molar-refractivity contribution is -0.0197. The minimum atomic E-state index is -0.277. The minimum Gasteiger partial charge on any atom is -0.463 e. The van der Waals surface area contributed by atoms with Gasteiger partial charge in [0.1, 0.15) is 5.75 Å². The summed E-state index contributed by atoms with van der Waals surface area (Å²) in [6, 6.07) is 22.3. The number of ether oxygens (including phenoxy) is 1. The number of nitrogens with zero attached hydrogens (tertiary/aromatic N) is 2. The van der Waals surface area contributed by atoms with Gasteiger partial charge in [-0.1, -0.05) is 70.0 Å². The van der Waals surface area contributed by atoms with Gasteiger partial charge in [-0.05, 0) is 45.8 Å². The van der Waals surface area contributed by atoms with E-state index in [1.165, 1.54) is 0 Å². The summed E-state index contributed by atoms with van der Waals surface area (Å²) in [5.74, 6) is 0.880. The molecule has 6 heteroatoms. The second-order valence-electron chi connectivity index (χ2n) is 6.84. The third-order valence-corrected chi connectivity index (χ3v) is 6.37. The van der Waals surface area contributed by atoms with Gasteiger partial charge in [-0.3, -0.25) is 0 Å². The third kappa shape index (κ3) is 3.15. The van der Waals surface area contributed by atoms with Gasteiger partial charge in [0.05, 0.1) is 16.2 Å². The van der Waals surface area contributed by atoms with E-state index in [9.17, 15) is 0 Å². The molecule has 3 aromatic carbocycles. The summed E-state index contributed by atoms with van der Waals surface area (Å²) in [5, 5.41) is 7.79. The summed E-state index contributed by atoms with van der Waals surface area (Å²) < 4.78 is 8.41. The maximum atomic E-state index is 6.45. The Balaban J connectivity index is 1.63. The summed E-state index contributed by atoms with van der Waals surface area (Å²) in [7, 11) is 0. The van der Waals surface area contributed by atoms with Gasteiger partial charge in [-0.15, -0.1) is 0 Å². The van der Waals surface area contributed by atoms with Gasteiger partial charge in [0.25, 0.3) is 0 Å². The highest BCUT2D eigenvalue weighted by molar-refractivity contribution is 9.11. The maximum absolute atomic E-state index is 6.45. The lowest BCUT2D eigenvalue weighted by Gasteiger charge is -2.38. The fourth-order valence-corrected chi connectivity index (χ4v) is 5.25. The van der Waals surface area contributed by atoms with E-state index in [0.29, 0.717) is 0 Å². The van der Waals surface area contributed by atoms with E-state index in [1.807, 2.05) is 48.5 Å². The molecule has 140 valence electrons. The normalized spacial score (nSPS) is 20.2. The average Bonchev–Trinajstić information content (AvgIpc) is 3.14. The van der Waals surface area contributed by atoms with Crippen LogP contribution in [0, 0.1) is 0 Å². The van der Waals surface area contributed by atoms with E-state index in [-0.39, 0.29) is 12.3 Å². The quantitative estimate of drug-likeness (QED) is 0.361. The summed E-state index contributed by atoms with van der Waals surface area (Å²) in [4.78, 5) is 0. The van der Waals surface area contributed by atoms with Gasteiger partial charge in [-0.25, -0.2) is 5.01 Å². The Morgan fingerprint density at radius 3 is 2.50 bits per heavy atom. The fourth-order valence-electron chi connectivity index (χ4n) is 3.77. The molecule has 0 aromatic heterocycles. The highest BCUT2D eigenvalue weighted by Crippen LogP contribution is 2.50. The molecule has 0 unspecified atom stereocenters. The lowest BCUT2D eigenvalue weighted by atomic mass is 9.96. The molecule has 0 spiro atoms. The minimum absolute atomic E-state index is 0.105. The number of hydrazone groups is 1. The summed E-state index contributed by atoms with van der Waals surface area (Å²) in [6.07, 6.45) is 0.533. The molecular formula is C22H15Br2ClN2O. The molecule has 2 atom stereocenters. The molecule has 0 fully saturated rings. The van der Waals surface area contributed by atoms with Crippen molar-refractivity contribution in [2.24, 2.45) is 5.10 Å². The van der Waals surface area contributed by atoms with E-state index < -0.39 is 0 Å². The van der Waals surface area contributed by atoms with Crippen molar-refractivity contribution in [2.45, 2.75) is 18.7 Å². The molecule has 0 bridgehead atoms. The van der Waals surface area contributed by atoms with Crippen LogP contribution in [0.3, 0.4) is 0 Å². The molecule has 2 heterocycles. The van der Waals surface area contributed by atoms with Crippen LogP contribution >= 0.6 is 43.5 Å². The molecule has 28 heavy (non-hydrogen) atoms. The van der Waals surface area contributed by atoms with Gasteiger partial charge in [0.2, 0.25) is 6.23 Å². The lowest BCUT2D eigenvalue weighted by Crippen LogP contribution is -2.33. The first-order valence-corrected chi connectivity index (χ1v) is 10.9. The molecule has 0 radical (unpaired) electrons. The second kappa shape index (κ2) is 7.21. The molecule has 2 aliphatic heterocycles.